The number of carbonyl (C=O) groups excluding carboxylic acids is 1. The number of amides is 1. The lowest BCUT2D eigenvalue weighted by molar-refractivity contribution is 0.0789. The molecule has 27 heavy (non-hydrogen) atoms. The number of benzene rings is 1. The summed E-state index contributed by atoms with van der Waals surface area (Å²) in [5, 5.41) is 1.13. The second kappa shape index (κ2) is 8.40. The van der Waals surface area contributed by atoms with Gasteiger partial charge in [-0.3, -0.25) is 9.69 Å². The van der Waals surface area contributed by atoms with E-state index in [0.717, 1.165) is 74.7 Å². The molecular weight excluding hydrogens is 358 g/mol. The van der Waals surface area contributed by atoms with Gasteiger partial charge in [0.1, 0.15) is 11.9 Å². The second-order valence-electron chi connectivity index (χ2n) is 7.47. The summed E-state index contributed by atoms with van der Waals surface area (Å²) in [6.45, 7) is 6.86. The zero-order valence-corrected chi connectivity index (χ0v) is 16.7. The number of piperidine rings is 1. The molecule has 0 saturated carbocycles. The SMILES string of the molecule is Cc1ncc(CN2CCC(Oc3cccc(C(=O)N4CCCC4)c3)CC2)s1. The molecule has 0 unspecified atom stereocenters. The Morgan fingerprint density at radius 2 is 2.00 bits per heavy atom. The van der Waals surface area contributed by atoms with Gasteiger partial charge >= 0.3 is 0 Å². The van der Waals surface area contributed by atoms with E-state index in [1.807, 2.05) is 35.4 Å². The highest BCUT2D eigenvalue weighted by Gasteiger charge is 2.23. The van der Waals surface area contributed by atoms with E-state index in [-0.39, 0.29) is 12.0 Å². The van der Waals surface area contributed by atoms with Crippen molar-refractivity contribution in [2.75, 3.05) is 26.2 Å². The molecule has 1 aromatic heterocycles. The summed E-state index contributed by atoms with van der Waals surface area (Å²) < 4.78 is 6.20. The maximum atomic E-state index is 12.6. The highest BCUT2D eigenvalue weighted by Crippen LogP contribution is 2.23. The number of thiazole rings is 1. The average Bonchev–Trinajstić information content (AvgIpc) is 3.35. The number of hydrogen-bond acceptors (Lipinski definition) is 5. The van der Waals surface area contributed by atoms with Crippen LogP contribution in [0.2, 0.25) is 0 Å². The first-order valence-corrected chi connectivity index (χ1v) is 10.7. The Morgan fingerprint density at radius 3 is 2.70 bits per heavy atom. The third kappa shape index (κ3) is 4.68. The lowest BCUT2D eigenvalue weighted by Gasteiger charge is -2.31. The predicted molar refractivity (Wildman–Crippen MR) is 107 cm³/mol. The third-order valence-electron chi connectivity index (χ3n) is 5.36. The van der Waals surface area contributed by atoms with Crippen molar-refractivity contribution >= 4 is 17.2 Å². The molecule has 0 aliphatic carbocycles. The van der Waals surface area contributed by atoms with E-state index in [2.05, 4.69) is 16.8 Å². The molecule has 0 spiro atoms. The molecule has 0 bridgehead atoms. The van der Waals surface area contributed by atoms with E-state index in [1.54, 1.807) is 11.3 Å². The van der Waals surface area contributed by atoms with Gasteiger partial charge in [0.15, 0.2) is 0 Å². The van der Waals surface area contributed by atoms with Gasteiger partial charge in [-0.05, 0) is 50.8 Å². The van der Waals surface area contributed by atoms with E-state index in [1.165, 1.54) is 4.88 Å². The van der Waals surface area contributed by atoms with E-state index in [0.29, 0.717) is 0 Å². The summed E-state index contributed by atoms with van der Waals surface area (Å²) in [5.74, 6) is 0.948. The number of nitrogens with zero attached hydrogens (tertiary/aromatic N) is 3. The molecule has 2 aliphatic rings. The fourth-order valence-electron chi connectivity index (χ4n) is 3.88. The summed E-state index contributed by atoms with van der Waals surface area (Å²) in [7, 11) is 0. The Bertz CT molecular complexity index is 777. The molecule has 1 amide bonds. The van der Waals surface area contributed by atoms with E-state index >= 15 is 0 Å². The lowest BCUT2D eigenvalue weighted by Crippen LogP contribution is -2.37. The standard InChI is InChI=1S/C21H27N3O2S/c1-16-22-14-20(27-16)15-23-11-7-18(8-12-23)26-19-6-4-5-17(13-19)21(25)24-9-2-3-10-24/h4-6,13-14,18H,2-3,7-12,15H2,1H3. The summed E-state index contributed by atoms with van der Waals surface area (Å²) >= 11 is 1.78. The minimum atomic E-state index is 0.132. The van der Waals surface area contributed by atoms with Crippen LogP contribution in [0.15, 0.2) is 30.5 Å². The molecule has 6 heteroatoms. The van der Waals surface area contributed by atoms with Crippen LogP contribution < -0.4 is 4.74 Å². The van der Waals surface area contributed by atoms with Crippen LogP contribution in [0.25, 0.3) is 0 Å². The van der Waals surface area contributed by atoms with Crippen LogP contribution in [0, 0.1) is 6.92 Å². The van der Waals surface area contributed by atoms with Crippen molar-refractivity contribution in [2.24, 2.45) is 0 Å². The van der Waals surface area contributed by atoms with Crippen molar-refractivity contribution < 1.29 is 9.53 Å². The van der Waals surface area contributed by atoms with Gasteiger partial charge in [-0.15, -0.1) is 11.3 Å². The number of likely N-dealkylation sites (tertiary alicyclic amines) is 2. The van der Waals surface area contributed by atoms with Crippen LogP contribution in [-0.4, -0.2) is 53.0 Å². The summed E-state index contributed by atoms with van der Waals surface area (Å²) in [6, 6.07) is 7.70. The van der Waals surface area contributed by atoms with Crippen LogP contribution in [0.1, 0.15) is 45.9 Å². The molecule has 0 atom stereocenters. The quantitative estimate of drug-likeness (QED) is 0.787. The van der Waals surface area contributed by atoms with Crippen LogP contribution in [0.5, 0.6) is 5.75 Å². The van der Waals surface area contributed by atoms with Crippen molar-refractivity contribution in [3.8, 4) is 5.75 Å². The number of carbonyl (C=O) groups is 1. The average molecular weight is 386 g/mol. The van der Waals surface area contributed by atoms with Crippen molar-refractivity contribution in [3.63, 3.8) is 0 Å². The first-order valence-electron chi connectivity index (χ1n) is 9.87. The second-order valence-corrected chi connectivity index (χ2v) is 8.79. The molecule has 144 valence electrons. The van der Waals surface area contributed by atoms with Crippen LogP contribution in [0.3, 0.4) is 0 Å². The molecule has 0 N–H and O–H groups in total. The smallest absolute Gasteiger partial charge is 0.253 e. The minimum Gasteiger partial charge on any atom is -0.490 e. The fraction of sp³-hybridized carbons (Fsp3) is 0.524. The fourth-order valence-corrected chi connectivity index (χ4v) is 4.72. The normalized spacial score (nSPS) is 18.8. The molecule has 0 radical (unpaired) electrons. The first-order chi connectivity index (χ1) is 13.2. The Hall–Kier alpha value is -1.92. The number of aromatic nitrogens is 1. The Labute approximate surface area is 165 Å². The molecule has 2 aromatic rings. The van der Waals surface area contributed by atoms with Gasteiger partial charge < -0.3 is 9.64 Å². The Morgan fingerprint density at radius 1 is 1.22 bits per heavy atom. The molecule has 3 heterocycles. The van der Waals surface area contributed by atoms with Crippen LogP contribution >= 0.6 is 11.3 Å². The summed E-state index contributed by atoms with van der Waals surface area (Å²) in [4.78, 5) is 22.7. The van der Waals surface area contributed by atoms with E-state index < -0.39 is 0 Å². The topological polar surface area (TPSA) is 45.7 Å². The van der Waals surface area contributed by atoms with Gasteiger partial charge in [0.05, 0.1) is 5.01 Å². The van der Waals surface area contributed by atoms with Gasteiger partial charge in [-0.25, -0.2) is 4.98 Å². The molecule has 1 aromatic carbocycles. The van der Waals surface area contributed by atoms with Crippen molar-refractivity contribution in [2.45, 2.75) is 45.3 Å². The summed E-state index contributed by atoms with van der Waals surface area (Å²) in [5.41, 5.74) is 0.743. The van der Waals surface area contributed by atoms with Gasteiger partial charge in [0, 0.05) is 49.4 Å². The number of hydrogen-bond donors (Lipinski definition) is 0. The number of rotatable bonds is 5. The number of aryl methyl sites for hydroxylation is 1. The Balaban J connectivity index is 1.30. The third-order valence-corrected chi connectivity index (χ3v) is 6.26. The minimum absolute atomic E-state index is 0.132. The van der Waals surface area contributed by atoms with Gasteiger partial charge in [-0.2, -0.15) is 0 Å². The molecule has 2 saturated heterocycles. The lowest BCUT2D eigenvalue weighted by atomic mass is 10.1. The van der Waals surface area contributed by atoms with Crippen molar-refractivity contribution in [3.05, 3.63) is 45.9 Å². The van der Waals surface area contributed by atoms with Gasteiger partial charge in [0.25, 0.3) is 5.91 Å². The zero-order valence-electron chi connectivity index (χ0n) is 15.9. The maximum absolute atomic E-state index is 12.6. The molecule has 2 aliphatic heterocycles. The van der Waals surface area contributed by atoms with E-state index in [4.69, 9.17) is 4.74 Å². The van der Waals surface area contributed by atoms with Crippen LogP contribution in [-0.2, 0) is 6.54 Å². The van der Waals surface area contributed by atoms with Crippen molar-refractivity contribution in [1.29, 1.82) is 0 Å². The summed E-state index contributed by atoms with van der Waals surface area (Å²) in [6.07, 6.45) is 6.47. The maximum Gasteiger partial charge on any atom is 0.253 e. The molecule has 4 rings (SSSR count). The molecule has 5 nitrogen and oxygen atoms in total. The zero-order chi connectivity index (χ0) is 18.6. The monoisotopic (exact) mass is 385 g/mol. The van der Waals surface area contributed by atoms with Crippen LogP contribution in [0.4, 0.5) is 0 Å². The molecular formula is C21H27N3O2S. The van der Waals surface area contributed by atoms with E-state index in [9.17, 15) is 4.79 Å². The Kier molecular flexibility index (Phi) is 5.74. The van der Waals surface area contributed by atoms with Crippen molar-refractivity contribution in [1.82, 2.24) is 14.8 Å². The highest BCUT2D eigenvalue weighted by atomic mass is 32.1. The molecule has 2 fully saturated rings. The largest absolute Gasteiger partial charge is 0.490 e. The number of ether oxygens (including phenoxy) is 1. The van der Waals surface area contributed by atoms with Gasteiger partial charge in [-0.1, -0.05) is 6.07 Å². The predicted octanol–water partition coefficient (Wildman–Crippen LogP) is 3.73. The highest BCUT2D eigenvalue weighted by molar-refractivity contribution is 7.11. The van der Waals surface area contributed by atoms with Gasteiger partial charge in [0.2, 0.25) is 0 Å². The first kappa shape index (κ1) is 18.4.